The maximum atomic E-state index is 13.9. The van der Waals surface area contributed by atoms with Crippen LogP contribution in [0, 0.1) is 29.9 Å². The predicted molar refractivity (Wildman–Crippen MR) is 102 cm³/mol. The lowest BCUT2D eigenvalue weighted by atomic mass is 10.2. The van der Waals surface area contributed by atoms with Gasteiger partial charge in [0.2, 0.25) is 0 Å². The zero-order chi connectivity index (χ0) is 22.2. The zero-order valence-corrected chi connectivity index (χ0v) is 17.1. The molecule has 0 aliphatic heterocycles. The molecule has 0 unspecified atom stereocenters. The summed E-state index contributed by atoms with van der Waals surface area (Å²) >= 11 is 11.6. The van der Waals surface area contributed by atoms with Crippen molar-refractivity contribution in [2.45, 2.75) is 11.8 Å². The van der Waals surface area contributed by atoms with Crippen molar-refractivity contribution in [2.24, 2.45) is 0 Å². The Morgan fingerprint density at radius 3 is 2.50 bits per heavy atom. The van der Waals surface area contributed by atoms with Crippen LogP contribution in [0.2, 0.25) is 10.0 Å². The van der Waals surface area contributed by atoms with E-state index in [4.69, 9.17) is 28.5 Å². The Bertz CT molecular complexity index is 1340. The summed E-state index contributed by atoms with van der Waals surface area (Å²) in [6.07, 6.45) is 0. The lowest BCUT2D eigenvalue weighted by Gasteiger charge is -2.09. The summed E-state index contributed by atoms with van der Waals surface area (Å²) in [4.78, 5) is 11.4. The van der Waals surface area contributed by atoms with Gasteiger partial charge in [-0.1, -0.05) is 28.4 Å². The second kappa shape index (κ2) is 7.98. The molecular formula is C17H9Cl2F2N5O3S. The minimum atomic E-state index is -4.73. The van der Waals surface area contributed by atoms with Gasteiger partial charge in [0.05, 0.1) is 33.1 Å². The number of nitriles is 1. The van der Waals surface area contributed by atoms with Gasteiger partial charge >= 0.3 is 0 Å². The highest BCUT2D eigenvalue weighted by atomic mass is 35.5. The minimum Gasteiger partial charge on any atom is -0.266 e. The van der Waals surface area contributed by atoms with Crippen molar-refractivity contribution >= 4 is 39.1 Å². The first kappa shape index (κ1) is 21.6. The first-order valence-corrected chi connectivity index (χ1v) is 10.1. The van der Waals surface area contributed by atoms with Gasteiger partial charge in [-0.25, -0.2) is 26.6 Å². The molecule has 154 valence electrons. The molecule has 3 aromatic rings. The topological polar surface area (TPSA) is 118 Å². The molecule has 0 saturated carbocycles. The summed E-state index contributed by atoms with van der Waals surface area (Å²) in [5, 5.41) is 15.8. The lowest BCUT2D eigenvalue weighted by molar-refractivity contribution is 0.0976. The number of carbonyl (C=O) groups is 1. The number of amides is 1. The molecule has 13 heteroatoms. The molecular weight excluding hydrogens is 463 g/mol. The summed E-state index contributed by atoms with van der Waals surface area (Å²) in [5.74, 6) is -3.79. The van der Waals surface area contributed by atoms with Crippen molar-refractivity contribution in [3.63, 3.8) is 0 Å². The van der Waals surface area contributed by atoms with Crippen molar-refractivity contribution in [1.82, 2.24) is 19.7 Å². The van der Waals surface area contributed by atoms with E-state index in [9.17, 15) is 22.0 Å². The van der Waals surface area contributed by atoms with Crippen LogP contribution in [0.5, 0.6) is 0 Å². The molecule has 0 spiro atoms. The van der Waals surface area contributed by atoms with Crippen LogP contribution < -0.4 is 4.72 Å². The monoisotopic (exact) mass is 471 g/mol. The first-order valence-electron chi connectivity index (χ1n) is 7.89. The smallest absolute Gasteiger partial charge is 0.266 e. The number of carbonyl (C=O) groups excluding carboxylic acids is 1. The van der Waals surface area contributed by atoms with E-state index in [0.717, 1.165) is 0 Å². The van der Waals surface area contributed by atoms with E-state index in [2.05, 4.69) is 10.3 Å². The molecule has 0 fully saturated rings. The Morgan fingerprint density at radius 1 is 1.17 bits per heavy atom. The van der Waals surface area contributed by atoms with Crippen LogP contribution in [0.4, 0.5) is 8.78 Å². The summed E-state index contributed by atoms with van der Waals surface area (Å²) in [6.45, 7) is 1.42. The number of hydrogen-bond donors (Lipinski definition) is 1. The maximum Gasteiger partial charge on any atom is 0.287 e. The van der Waals surface area contributed by atoms with Crippen LogP contribution in [0.25, 0.3) is 5.69 Å². The highest BCUT2D eigenvalue weighted by Gasteiger charge is 2.27. The Morgan fingerprint density at radius 2 is 1.87 bits per heavy atom. The zero-order valence-electron chi connectivity index (χ0n) is 14.8. The molecule has 3 rings (SSSR count). The highest BCUT2D eigenvalue weighted by Crippen LogP contribution is 2.25. The second-order valence-corrected chi connectivity index (χ2v) is 8.31. The molecule has 1 aromatic heterocycles. The van der Waals surface area contributed by atoms with Gasteiger partial charge in [0.15, 0.2) is 5.69 Å². The largest absolute Gasteiger partial charge is 0.287 e. The number of hydrogen-bond acceptors (Lipinski definition) is 6. The van der Waals surface area contributed by atoms with Gasteiger partial charge in [0.1, 0.15) is 16.5 Å². The van der Waals surface area contributed by atoms with Gasteiger partial charge in [-0.15, -0.1) is 5.10 Å². The summed E-state index contributed by atoms with van der Waals surface area (Å²) in [7, 11) is -4.73. The summed E-state index contributed by atoms with van der Waals surface area (Å²) < 4.78 is 54.7. The predicted octanol–water partition coefficient (Wildman–Crippen LogP) is 3.15. The number of sulfonamides is 1. The third-order valence-corrected chi connectivity index (χ3v) is 5.84. The van der Waals surface area contributed by atoms with E-state index >= 15 is 0 Å². The molecule has 8 nitrogen and oxygen atoms in total. The summed E-state index contributed by atoms with van der Waals surface area (Å²) in [5.41, 5.74) is 0.323. The van der Waals surface area contributed by atoms with Gasteiger partial charge in [0.25, 0.3) is 15.9 Å². The molecule has 1 heterocycles. The molecule has 2 aromatic carbocycles. The van der Waals surface area contributed by atoms with E-state index in [1.54, 1.807) is 4.72 Å². The molecule has 1 N–H and O–H groups in total. The Hall–Kier alpha value is -3.07. The number of nitrogens with zero attached hydrogens (tertiary/aromatic N) is 4. The highest BCUT2D eigenvalue weighted by molar-refractivity contribution is 7.90. The maximum absolute atomic E-state index is 13.9. The van der Waals surface area contributed by atoms with Crippen LogP contribution in [-0.4, -0.2) is 29.3 Å². The van der Waals surface area contributed by atoms with E-state index in [0.29, 0.717) is 17.3 Å². The standard InChI is InChI=1S/C17H9Cl2F2N5O3S/c1-8-16(23-25-26(8)14-3-2-9(7-22)4-11(14)19)17(27)24-30(28,29)15-5-10(18)12(20)6-13(15)21/h2-6H,1H3,(H,24,27). The Kier molecular flexibility index (Phi) is 5.76. The Balaban J connectivity index is 1.94. The molecule has 0 saturated heterocycles. The lowest BCUT2D eigenvalue weighted by Crippen LogP contribution is -2.32. The SMILES string of the molecule is Cc1c(C(=O)NS(=O)(=O)c2cc(Cl)c(F)cc2F)nnn1-c1ccc(C#N)cc1Cl. The number of halogens is 4. The first-order chi connectivity index (χ1) is 14.0. The van der Waals surface area contributed by atoms with Crippen molar-refractivity contribution in [3.05, 3.63) is 69.0 Å². The van der Waals surface area contributed by atoms with E-state index in [1.807, 2.05) is 6.07 Å². The van der Waals surface area contributed by atoms with E-state index < -0.39 is 37.5 Å². The van der Waals surface area contributed by atoms with Gasteiger partial charge in [0, 0.05) is 6.07 Å². The molecule has 0 aliphatic rings. The molecule has 30 heavy (non-hydrogen) atoms. The third-order valence-electron chi connectivity index (χ3n) is 3.91. The number of benzene rings is 2. The van der Waals surface area contributed by atoms with Crippen molar-refractivity contribution < 1.29 is 22.0 Å². The van der Waals surface area contributed by atoms with Gasteiger partial charge in [-0.2, -0.15) is 5.26 Å². The average molecular weight is 472 g/mol. The van der Waals surface area contributed by atoms with Crippen molar-refractivity contribution in [3.8, 4) is 11.8 Å². The fourth-order valence-electron chi connectivity index (χ4n) is 2.45. The molecule has 0 atom stereocenters. The fourth-order valence-corrected chi connectivity index (χ4v) is 3.98. The molecule has 0 radical (unpaired) electrons. The van der Waals surface area contributed by atoms with Crippen molar-refractivity contribution in [2.75, 3.05) is 0 Å². The quantitative estimate of drug-likeness (QED) is 0.583. The van der Waals surface area contributed by atoms with Crippen LogP contribution in [0.3, 0.4) is 0 Å². The molecule has 0 aliphatic carbocycles. The molecule has 1 amide bonds. The molecule has 0 bridgehead atoms. The normalized spacial score (nSPS) is 11.2. The van der Waals surface area contributed by atoms with Gasteiger partial charge in [-0.05, 0) is 31.2 Å². The van der Waals surface area contributed by atoms with Crippen molar-refractivity contribution in [1.29, 1.82) is 5.26 Å². The van der Waals surface area contributed by atoms with Crippen LogP contribution >= 0.6 is 23.2 Å². The number of rotatable bonds is 4. The minimum absolute atomic E-state index is 0.118. The second-order valence-electron chi connectivity index (χ2n) is 5.84. The van der Waals surface area contributed by atoms with E-state index in [1.165, 1.54) is 29.8 Å². The number of nitrogens with one attached hydrogen (secondary N) is 1. The fraction of sp³-hybridized carbons (Fsp3) is 0.0588. The van der Waals surface area contributed by atoms with Crippen LogP contribution in [-0.2, 0) is 10.0 Å². The third kappa shape index (κ3) is 3.97. The average Bonchev–Trinajstić information content (AvgIpc) is 3.05. The van der Waals surface area contributed by atoms with Gasteiger partial charge in [-0.3, -0.25) is 4.79 Å². The van der Waals surface area contributed by atoms with Gasteiger partial charge < -0.3 is 0 Å². The number of aromatic nitrogens is 3. The van der Waals surface area contributed by atoms with Crippen LogP contribution in [0.15, 0.2) is 35.2 Å². The van der Waals surface area contributed by atoms with Crippen LogP contribution in [0.1, 0.15) is 21.7 Å². The summed E-state index contributed by atoms with van der Waals surface area (Å²) in [6, 6.07) is 7.06. The Labute approximate surface area is 178 Å². The van der Waals surface area contributed by atoms with E-state index in [-0.39, 0.29) is 22.5 Å².